The van der Waals surface area contributed by atoms with E-state index in [2.05, 4.69) is 11.6 Å². The van der Waals surface area contributed by atoms with E-state index in [1.54, 1.807) is 0 Å². The Morgan fingerprint density at radius 3 is 2.63 bits per heavy atom. The number of hydrogen-bond acceptors (Lipinski definition) is 4. The molecular formula is C15H24N2OS. The Morgan fingerprint density at radius 1 is 1.26 bits per heavy atom. The van der Waals surface area contributed by atoms with Crippen molar-refractivity contribution in [3.63, 3.8) is 0 Å². The molecule has 3 nitrogen and oxygen atoms in total. The molecule has 1 saturated carbocycles. The lowest BCUT2D eigenvalue weighted by molar-refractivity contribution is 0.340. The van der Waals surface area contributed by atoms with Crippen LogP contribution in [0.1, 0.15) is 32.6 Å². The quantitative estimate of drug-likeness (QED) is 0.806. The van der Waals surface area contributed by atoms with E-state index in [0.717, 1.165) is 22.4 Å². The summed E-state index contributed by atoms with van der Waals surface area (Å²) in [6, 6.07) is 6.47. The molecule has 0 aliphatic heterocycles. The van der Waals surface area contributed by atoms with Crippen LogP contribution in [0.15, 0.2) is 18.2 Å². The summed E-state index contributed by atoms with van der Waals surface area (Å²) < 4.78 is 5.53. The molecule has 1 aromatic rings. The van der Waals surface area contributed by atoms with Crippen LogP contribution in [0.5, 0.6) is 5.75 Å². The molecule has 19 heavy (non-hydrogen) atoms. The fourth-order valence-corrected chi connectivity index (χ4v) is 3.38. The lowest BCUT2D eigenvalue weighted by Crippen LogP contribution is -2.27. The molecule has 0 radical (unpaired) electrons. The van der Waals surface area contributed by atoms with Crippen LogP contribution in [0.25, 0.3) is 0 Å². The summed E-state index contributed by atoms with van der Waals surface area (Å²) in [6.07, 6.45) is 7.30. The predicted molar refractivity (Wildman–Crippen MR) is 85.2 cm³/mol. The molecule has 4 heteroatoms. The molecule has 1 aliphatic rings. The van der Waals surface area contributed by atoms with Crippen LogP contribution >= 0.6 is 11.8 Å². The van der Waals surface area contributed by atoms with Gasteiger partial charge in [-0.15, -0.1) is 0 Å². The summed E-state index contributed by atoms with van der Waals surface area (Å²) in [5, 5.41) is 4.44. The van der Waals surface area contributed by atoms with Crippen LogP contribution in [0.3, 0.4) is 0 Å². The van der Waals surface area contributed by atoms with E-state index >= 15 is 0 Å². The monoisotopic (exact) mass is 280 g/mol. The molecule has 106 valence electrons. The topological polar surface area (TPSA) is 47.3 Å². The lowest BCUT2D eigenvalue weighted by Gasteiger charge is -2.29. The van der Waals surface area contributed by atoms with Crippen molar-refractivity contribution in [1.29, 1.82) is 0 Å². The predicted octanol–water partition coefficient (Wildman–Crippen LogP) is 3.75. The first-order valence-corrected chi connectivity index (χ1v) is 8.32. The number of thioether (sulfide) groups is 1. The number of rotatable bonds is 5. The Bertz CT molecular complexity index is 403. The second-order valence-corrected chi connectivity index (χ2v) is 6.22. The number of nitrogens with one attached hydrogen (secondary N) is 1. The van der Waals surface area contributed by atoms with Gasteiger partial charge < -0.3 is 15.8 Å². The van der Waals surface area contributed by atoms with Gasteiger partial charge >= 0.3 is 0 Å². The molecular weight excluding hydrogens is 256 g/mol. The summed E-state index contributed by atoms with van der Waals surface area (Å²) in [5.41, 5.74) is 7.75. The molecule has 0 spiro atoms. The van der Waals surface area contributed by atoms with Crippen LogP contribution in [-0.2, 0) is 0 Å². The van der Waals surface area contributed by atoms with Gasteiger partial charge in [0.2, 0.25) is 0 Å². The van der Waals surface area contributed by atoms with E-state index in [1.165, 1.54) is 25.7 Å². The minimum absolute atomic E-state index is 0.569. The highest BCUT2D eigenvalue weighted by Gasteiger charge is 2.20. The van der Waals surface area contributed by atoms with Crippen molar-refractivity contribution in [2.24, 2.45) is 0 Å². The van der Waals surface area contributed by atoms with Gasteiger partial charge in [0.25, 0.3) is 0 Å². The second kappa shape index (κ2) is 6.94. The molecule has 0 atom stereocenters. The van der Waals surface area contributed by atoms with E-state index < -0.39 is 0 Å². The van der Waals surface area contributed by atoms with Crippen molar-refractivity contribution < 1.29 is 4.74 Å². The van der Waals surface area contributed by atoms with Gasteiger partial charge in [0.15, 0.2) is 0 Å². The number of anilines is 2. The third kappa shape index (κ3) is 4.23. The van der Waals surface area contributed by atoms with Gasteiger partial charge in [-0.3, -0.25) is 0 Å². The van der Waals surface area contributed by atoms with Crippen LogP contribution in [-0.4, -0.2) is 24.2 Å². The molecule has 3 N–H and O–H groups in total. The fourth-order valence-electron chi connectivity index (χ4n) is 2.63. The molecule has 0 saturated heterocycles. The third-order valence-electron chi connectivity index (χ3n) is 3.62. The zero-order chi connectivity index (χ0) is 13.7. The van der Waals surface area contributed by atoms with E-state index in [0.29, 0.717) is 12.6 Å². The molecule has 0 aromatic heterocycles. The highest BCUT2D eigenvalue weighted by atomic mass is 32.2. The van der Waals surface area contributed by atoms with Crippen molar-refractivity contribution in [2.75, 3.05) is 23.9 Å². The highest BCUT2D eigenvalue weighted by Crippen LogP contribution is 2.30. The molecule has 0 bridgehead atoms. The number of nitrogens with two attached hydrogens (primary N) is 1. The summed E-state index contributed by atoms with van der Waals surface area (Å²) in [5.74, 6) is 0.850. The van der Waals surface area contributed by atoms with Crippen molar-refractivity contribution in [1.82, 2.24) is 0 Å². The normalized spacial score (nSPS) is 23.1. The summed E-state index contributed by atoms with van der Waals surface area (Å²) in [6.45, 7) is 2.65. The van der Waals surface area contributed by atoms with E-state index in [-0.39, 0.29) is 0 Å². The first-order valence-electron chi connectivity index (χ1n) is 7.04. The standard InChI is InChI=1S/C15H24N2OS/c1-3-18-14-9-11(16)8-13(10-14)17-12-4-6-15(19-2)7-5-12/h8-10,12,15,17H,3-7,16H2,1-2H3. The number of benzene rings is 1. The molecule has 0 heterocycles. The Morgan fingerprint density at radius 2 is 2.00 bits per heavy atom. The van der Waals surface area contributed by atoms with Gasteiger partial charge in [0.1, 0.15) is 5.75 Å². The van der Waals surface area contributed by atoms with Gasteiger partial charge in [0.05, 0.1) is 6.61 Å². The van der Waals surface area contributed by atoms with E-state index in [9.17, 15) is 0 Å². The van der Waals surface area contributed by atoms with Crippen molar-refractivity contribution >= 4 is 23.1 Å². The maximum atomic E-state index is 5.92. The summed E-state index contributed by atoms with van der Waals surface area (Å²) >= 11 is 2.00. The van der Waals surface area contributed by atoms with Crippen LogP contribution in [0, 0.1) is 0 Å². The first kappa shape index (κ1) is 14.4. The minimum Gasteiger partial charge on any atom is -0.494 e. The lowest BCUT2D eigenvalue weighted by atomic mass is 9.95. The molecule has 1 fully saturated rings. The Kier molecular flexibility index (Phi) is 5.25. The van der Waals surface area contributed by atoms with Gasteiger partial charge in [-0.2, -0.15) is 11.8 Å². The summed E-state index contributed by atoms with van der Waals surface area (Å²) in [7, 11) is 0. The molecule has 2 rings (SSSR count). The molecule has 1 aliphatic carbocycles. The summed E-state index contributed by atoms with van der Waals surface area (Å²) in [4.78, 5) is 0. The average molecular weight is 280 g/mol. The largest absolute Gasteiger partial charge is 0.494 e. The zero-order valence-electron chi connectivity index (χ0n) is 11.8. The zero-order valence-corrected chi connectivity index (χ0v) is 12.6. The van der Waals surface area contributed by atoms with Crippen LogP contribution in [0.2, 0.25) is 0 Å². The fraction of sp³-hybridized carbons (Fsp3) is 0.600. The molecule has 0 amide bonds. The number of nitrogen functional groups attached to an aromatic ring is 1. The van der Waals surface area contributed by atoms with Crippen molar-refractivity contribution in [3.8, 4) is 5.75 Å². The number of ether oxygens (including phenoxy) is 1. The Labute approximate surface area is 120 Å². The van der Waals surface area contributed by atoms with Gasteiger partial charge in [-0.25, -0.2) is 0 Å². The molecule has 0 unspecified atom stereocenters. The first-order chi connectivity index (χ1) is 9.21. The second-order valence-electron chi connectivity index (χ2n) is 5.08. The maximum absolute atomic E-state index is 5.92. The SMILES string of the molecule is CCOc1cc(N)cc(NC2CCC(SC)CC2)c1. The number of hydrogen-bond donors (Lipinski definition) is 2. The highest BCUT2D eigenvalue weighted by molar-refractivity contribution is 7.99. The Hall–Kier alpha value is -1.03. The minimum atomic E-state index is 0.569. The Balaban J connectivity index is 1.95. The van der Waals surface area contributed by atoms with Crippen LogP contribution < -0.4 is 15.8 Å². The smallest absolute Gasteiger partial charge is 0.123 e. The average Bonchev–Trinajstić information content (AvgIpc) is 2.39. The van der Waals surface area contributed by atoms with Crippen molar-refractivity contribution in [3.05, 3.63) is 18.2 Å². The molecule has 1 aromatic carbocycles. The van der Waals surface area contributed by atoms with E-state index in [4.69, 9.17) is 10.5 Å². The van der Waals surface area contributed by atoms with Crippen molar-refractivity contribution in [2.45, 2.75) is 43.9 Å². The van der Waals surface area contributed by atoms with Gasteiger partial charge in [-0.1, -0.05) is 0 Å². The van der Waals surface area contributed by atoms with Gasteiger partial charge in [0, 0.05) is 34.8 Å². The van der Waals surface area contributed by atoms with Crippen LogP contribution in [0.4, 0.5) is 11.4 Å². The third-order valence-corrected chi connectivity index (χ3v) is 4.76. The van der Waals surface area contributed by atoms with Gasteiger partial charge in [-0.05, 0) is 44.9 Å². The van der Waals surface area contributed by atoms with E-state index in [1.807, 2.05) is 36.9 Å². The maximum Gasteiger partial charge on any atom is 0.123 e.